The lowest BCUT2D eigenvalue weighted by Gasteiger charge is -2.31. The highest BCUT2D eigenvalue weighted by molar-refractivity contribution is 5.78. The van der Waals surface area contributed by atoms with Crippen molar-refractivity contribution in [1.82, 2.24) is 20.4 Å². The van der Waals surface area contributed by atoms with E-state index in [1.165, 1.54) is 7.11 Å². The molecule has 0 saturated carbocycles. The maximum absolute atomic E-state index is 12.3. The first-order valence-corrected chi connectivity index (χ1v) is 7.98. The predicted octanol–water partition coefficient (Wildman–Crippen LogP) is 1.16. The van der Waals surface area contributed by atoms with Crippen molar-refractivity contribution in [2.24, 2.45) is 0 Å². The number of carbonyl (C=O) groups excluding carboxylic acids is 2. The van der Waals surface area contributed by atoms with E-state index in [2.05, 4.69) is 20.3 Å². The molecule has 0 bridgehead atoms. The summed E-state index contributed by atoms with van der Waals surface area (Å²) in [5, 5.41) is 9.69. The number of methoxy groups -OCH3 is 1. The van der Waals surface area contributed by atoms with Crippen LogP contribution in [0.25, 0.3) is 11.3 Å². The number of aromatic amines is 1. The maximum Gasteiger partial charge on any atom is 0.336 e. The number of morpholine rings is 1. The fourth-order valence-corrected chi connectivity index (χ4v) is 2.62. The summed E-state index contributed by atoms with van der Waals surface area (Å²) in [7, 11) is 1.30. The van der Waals surface area contributed by atoms with Crippen molar-refractivity contribution in [3.63, 3.8) is 0 Å². The molecule has 2 N–H and O–H groups in total. The van der Waals surface area contributed by atoms with Gasteiger partial charge in [-0.15, -0.1) is 0 Å². The summed E-state index contributed by atoms with van der Waals surface area (Å²) in [5.74, 6) is -0.466. The highest BCUT2D eigenvalue weighted by atomic mass is 16.6. The van der Waals surface area contributed by atoms with Crippen LogP contribution in [0.2, 0.25) is 0 Å². The van der Waals surface area contributed by atoms with Crippen LogP contribution >= 0.6 is 0 Å². The van der Waals surface area contributed by atoms with Gasteiger partial charge in [0.25, 0.3) is 0 Å². The minimum absolute atomic E-state index is 0.192. The number of ether oxygens (including phenoxy) is 2. The van der Waals surface area contributed by atoms with Gasteiger partial charge in [-0.05, 0) is 17.2 Å². The molecule has 2 amide bonds. The van der Waals surface area contributed by atoms with Gasteiger partial charge in [-0.25, -0.2) is 9.59 Å². The molecule has 1 atom stereocenters. The van der Waals surface area contributed by atoms with Crippen molar-refractivity contribution >= 4 is 12.0 Å². The first-order chi connectivity index (χ1) is 12.2. The highest BCUT2D eigenvalue weighted by Gasteiger charge is 2.29. The van der Waals surface area contributed by atoms with Crippen LogP contribution in [0.5, 0.6) is 0 Å². The molecule has 25 heavy (non-hydrogen) atoms. The summed E-state index contributed by atoms with van der Waals surface area (Å²) < 4.78 is 9.98. The summed E-state index contributed by atoms with van der Waals surface area (Å²) in [4.78, 5) is 25.4. The Labute approximate surface area is 145 Å². The second-order valence-corrected chi connectivity index (χ2v) is 5.65. The molecule has 2 aromatic rings. The minimum atomic E-state index is -0.724. The standard InChI is InChI=1S/C17H20N4O4/c1-24-16(22)15-11-21(8-9-25-15)17(23)18-10-12-2-4-13(5-3-12)14-6-7-19-20-14/h2-7,15H,8-11H2,1H3,(H,18,23)(H,19,20). The number of urea groups is 1. The molecule has 1 saturated heterocycles. The molecule has 0 aliphatic carbocycles. The maximum atomic E-state index is 12.3. The zero-order chi connectivity index (χ0) is 17.6. The van der Waals surface area contributed by atoms with Crippen LogP contribution in [-0.2, 0) is 20.8 Å². The van der Waals surface area contributed by atoms with Crippen LogP contribution in [-0.4, -0.2) is 60.0 Å². The van der Waals surface area contributed by atoms with E-state index in [9.17, 15) is 9.59 Å². The van der Waals surface area contributed by atoms with Crippen molar-refractivity contribution in [3.8, 4) is 11.3 Å². The summed E-state index contributed by atoms with van der Waals surface area (Å²) >= 11 is 0. The number of benzene rings is 1. The zero-order valence-electron chi connectivity index (χ0n) is 13.9. The number of nitrogens with one attached hydrogen (secondary N) is 2. The van der Waals surface area contributed by atoms with Crippen molar-refractivity contribution in [3.05, 3.63) is 42.1 Å². The Morgan fingerprint density at radius 2 is 2.16 bits per heavy atom. The molecule has 1 aromatic heterocycles. The van der Waals surface area contributed by atoms with Gasteiger partial charge in [0.05, 0.1) is 26.0 Å². The Bertz CT molecular complexity index is 715. The second kappa shape index (κ2) is 7.80. The fourth-order valence-electron chi connectivity index (χ4n) is 2.62. The van der Waals surface area contributed by atoms with Gasteiger partial charge in [-0.2, -0.15) is 5.10 Å². The molecule has 3 rings (SSSR count). The third-order valence-corrected chi connectivity index (χ3v) is 4.03. The normalized spacial score (nSPS) is 17.2. The van der Waals surface area contributed by atoms with Crippen LogP contribution in [0.4, 0.5) is 4.79 Å². The topological polar surface area (TPSA) is 96.5 Å². The molecule has 1 aliphatic heterocycles. The number of amides is 2. The Hall–Kier alpha value is -2.87. The van der Waals surface area contributed by atoms with Crippen LogP contribution in [0.15, 0.2) is 36.5 Å². The predicted molar refractivity (Wildman–Crippen MR) is 89.6 cm³/mol. The first kappa shape index (κ1) is 17.0. The molecule has 0 radical (unpaired) electrons. The summed E-state index contributed by atoms with van der Waals surface area (Å²) in [5.41, 5.74) is 2.95. The van der Waals surface area contributed by atoms with Gasteiger partial charge >= 0.3 is 12.0 Å². The smallest absolute Gasteiger partial charge is 0.336 e. The SMILES string of the molecule is COC(=O)C1CN(C(=O)NCc2ccc(-c3ccn[nH]3)cc2)CCO1. The van der Waals surface area contributed by atoms with E-state index in [4.69, 9.17) is 4.74 Å². The van der Waals surface area contributed by atoms with Crippen molar-refractivity contribution < 1.29 is 19.1 Å². The van der Waals surface area contributed by atoms with Gasteiger partial charge < -0.3 is 19.7 Å². The van der Waals surface area contributed by atoms with Gasteiger partial charge in [-0.3, -0.25) is 5.10 Å². The molecule has 8 heteroatoms. The lowest BCUT2D eigenvalue weighted by Crippen LogP contribution is -2.51. The van der Waals surface area contributed by atoms with Crippen LogP contribution in [0.1, 0.15) is 5.56 Å². The molecule has 1 unspecified atom stereocenters. The minimum Gasteiger partial charge on any atom is -0.467 e. The van der Waals surface area contributed by atoms with Crippen LogP contribution in [0.3, 0.4) is 0 Å². The number of hydrogen-bond acceptors (Lipinski definition) is 5. The number of carbonyl (C=O) groups is 2. The molecular formula is C17H20N4O4. The Kier molecular flexibility index (Phi) is 5.30. The summed E-state index contributed by atoms with van der Waals surface area (Å²) in [6.07, 6.45) is 0.978. The number of rotatable bonds is 4. The van der Waals surface area contributed by atoms with E-state index >= 15 is 0 Å². The Morgan fingerprint density at radius 3 is 2.84 bits per heavy atom. The largest absolute Gasteiger partial charge is 0.467 e. The number of H-pyrrole nitrogens is 1. The van der Waals surface area contributed by atoms with E-state index in [0.29, 0.717) is 19.7 Å². The molecular weight excluding hydrogens is 324 g/mol. The first-order valence-electron chi connectivity index (χ1n) is 7.98. The quantitative estimate of drug-likeness (QED) is 0.812. The van der Waals surface area contributed by atoms with Crippen molar-refractivity contribution in [2.45, 2.75) is 12.6 Å². The molecule has 0 spiro atoms. The fraction of sp³-hybridized carbons (Fsp3) is 0.353. The monoisotopic (exact) mass is 344 g/mol. The van der Waals surface area contributed by atoms with Crippen LogP contribution in [0, 0.1) is 0 Å². The number of esters is 1. The van der Waals surface area contributed by atoms with E-state index in [1.54, 1.807) is 11.1 Å². The molecule has 8 nitrogen and oxygen atoms in total. The number of hydrogen-bond donors (Lipinski definition) is 2. The van der Waals surface area contributed by atoms with Gasteiger partial charge in [0.1, 0.15) is 0 Å². The molecule has 2 heterocycles. The average Bonchev–Trinajstić information content (AvgIpc) is 3.20. The average molecular weight is 344 g/mol. The lowest BCUT2D eigenvalue weighted by atomic mass is 10.1. The third kappa shape index (κ3) is 4.16. The second-order valence-electron chi connectivity index (χ2n) is 5.65. The summed E-state index contributed by atoms with van der Waals surface area (Å²) in [6.45, 7) is 1.35. The van der Waals surface area contributed by atoms with Crippen molar-refractivity contribution in [2.75, 3.05) is 26.8 Å². The van der Waals surface area contributed by atoms with E-state index in [0.717, 1.165) is 16.8 Å². The van der Waals surface area contributed by atoms with Gasteiger partial charge in [0, 0.05) is 19.3 Å². The van der Waals surface area contributed by atoms with Crippen LogP contribution < -0.4 is 5.32 Å². The molecule has 1 aromatic carbocycles. The molecule has 1 aliphatic rings. The Balaban J connectivity index is 1.52. The Morgan fingerprint density at radius 1 is 1.36 bits per heavy atom. The van der Waals surface area contributed by atoms with Gasteiger partial charge in [0.2, 0.25) is 0 Å². The molecule has 1 fully saturated rings. The molecule has 132 valence electrons. The van der Waals surface area contributed by atoms with E-state index < -0.39 is 12.1 Å². The number of aromatic nitrogens is 2. The van der Waals surface area contributed by atoms with E-state index in [1.807, 2.05) is 30.3 Å². The van der Waals surface area contributed by atoms with Crippen molar-refractivity contribution in [1.29, 1.82) is 0 Å². The lowest BCUT2D eigenvalue weighted by molar-refractivity contribution is -0.158. The highest BCUT2D eigenvalue weighted by Crippen LogP contribution is 2.16. The van der Waals surface area contributed by atoms with E-state index in [-0.39, 0.29) is 12.6 Å². The zero-order valence-corrected chi connectivity index (χ0v) is 13.9. The third-order valence-electron chi connectivity index (χ3n) is 4.03. The summed E-state index contributed by atoms with van der Waals surface area (Å²) in [6, 6.07) is 9.51. The number of nitrogens with zero attached hydrogens (tertiary/aromatic N) is 2. The van der Waals surface area contributed by atoms with Gasteiger partial charge in [0.15, 0.2) is 6.10 Å². The van der Waals surface area contributed by atoms with Gasteiger partial charge in [-0.1, -0.05) is 24.3 Å².